The lowest BCUT2D eigenvalue weighted by Crippen LogP contribution is -2.29. The molecule has 1 aliphatic heterocycles. The first-order chi connectivity index (χ1) is 12.2. The molecule has 6 nitrogen and oxygen atoms in total. The monoisotopic (exact) mass is 334 g/mol. The zero-order chi connectivity index (χ0) is 17.4. The van der Waals surface area contributed by atoms with Crippen molar-refractivity contribution in [1.29, 1.82) is 0 Å². The number of pyridine rings is 1. The second-order valence-corrected chi connectivity index (χ2v) is 5.87. The molecule has 0 radical (unpaired) electrons. The molecule has 0 fully saturated rings. The number of carbonyl (C=O) groups is 1. The van der Waals surface area contributed by atoms with Crippen LogP contribution in [0.2, 0.25) is 0 Å². The molecule has 0 aliphatic carbocycles. The third-order valence-electron chi connectivity index (χ3n) is 4.33. The van der Waals surface area contributed by atoms with Gasteiger partial charge in [-0.15, -0.1) is 0 Å². The van der Waals surface area contributed by atoms with Crippen LogP contribution < -0.4 is 5.32 Å². The number of nitrogens with one attached hydrogen (secondary N) is 1. The van der Waals surface area contributed by atoms with E-state index in [0.717, 1.165) is 22.3 Å². The van der Waals surface area contributed by atoms with Crippen molar-refractivity contribution in [2.75, 3.05) is 11.9 Å². The maximum Gasteiger partial charge on any atom is 0.338 e. The fourth-order valence-corrected chi connectivity index (χ4v) is 3.29. The lowest BCUT2D eigenvalue weighted by Gasteiger charge is -2.29. The largest absolute Gasteiger partial charge is 0.463 e. The molecule has 126 valence electrons. The van der Waals surface area contributed by atoms with E-state index in [2.05, 4.69) is 15.3 Å². The molecule has 25 heavy (non-hydrogen) atoms. The summed E-state index contributed by atoms with van der Waals surface area (Å²) in [5, 5.41) is 3.25. The van der Waals surface area contributed by atoms with E-state index in [9.17, 15) is 4.79 Å². The van der Waals surface area contributed by atoms with Gasteiger partial charge in [0, 0.05) is 18.1 Å². The Morgan fingerprint density at radius 1 is 1.28 bits per heavy atom. The molecule has 0 spiro atoms. The van der Waals surface area contributed by atoms with Crippen molar-refractivity contribution in [3.05, 3.63) is 65.6 Å². The molecule has 0 amide bonds. The molecule has 1 N–H and O–H groups in total. The minimum atomic E-state index is -0.337. The summed E-state index contributed by atoms with van der Waals surface area (Å²) in [5.41, 5.74) is 4.06. The van der Waals surface area contributed by atoms with Crippen LogP contribution in [0.4, 0.5) is 5.95 Å². The molecule has 0 unspecified atom stereocenters. The van der Waals surface area contributed by atoms with Crippen molar-refractivity contribution in [1.82, 2.24) is 14.5 Å². The molecule has 1 aliphatic rings. The number of anilines is 1. The summed E-state index contributed by atoms with van der Waals surface area (Å²) in [5.74, 6) is 0.380. The number of benzene rings is 1. The highest BCUT2D eigenvalue weighted by molar-refractivity contribution is 5.94. The highest BCUT2D eigenvalue weighted by Gasteiger charge is 2.34. The van der Waals surface area contributed by atoms with E-state index in [1.54, 1.807) is 19.3 Å². The number of nitrogens with zero attached hydrogens (tertiary/aromatic N) is 3. The second-order valence-electron chi connectivity index (χ2n) is 5.87. The number of carbonyl (C=O) groups excluding carboxylic acids is 1. The SMILES string of the molecule is CCOC(=O)C1=C(C)Nc2nc3ccccc3n2[C@H]1c1cccnc1. The lowest BCUT2D eigenvalue weighted by atomic mass is 9.96. The Bertz CT molecular complexity index is 976. The summed E-state index contributed by atoms with van der Waals surface area (Å²) in [6, 6.07) is 11.4. The molecule has 0 saturated heterocycles. The molecule has 4 rings (SSSR count). The van der Waals surface area contributed by atoms with Crippen molar-refractivity contribution in [3.63, 3.8) is 0 Å². The molecule has 0 saturated carbocycles. The van der Waals surface area contributed by atoms with Crippen LogP contribution in [0.15, 0.2) is 60.1 Å². The van der Waals surface area contributed by atoms with E-state index in [1.165, 1.54) is 0 Å². The summed E-state index contributed by atoms with van der Waals surface area (Å²) < 4.78 is 7.35. The van der Waals surface area contributed by atoms with E-state index in [-0.39, 0.29) is 12.0 Å². The van der Waals surface area contributed by atoms with Crippen molar-refractivity contribution in [3.8, 4) is 0 Å². The van der Waals surface area contributed by atoms with E-state index in [0.29, 0.717) is 18.1 Å². The maximum atomic E-state index is 12.7. The van der Waals surface area contributed by atoms with Gasteiger partial charge in [0.15, 0.2) is 0 Å². The van der Waals surface area contributed by atoms with E-state index >= 15 is 0 Å². The Labute approximate surface area is 145 Å². The number of allylic oxidation sites excluding steroid dienone is 1. The van der Waals surface area contributed by atoms with E-state index < -0.39 is 0 Å². The average Bonchev–Trinajstić information content (AvgIpc) is 2.99. The minimum absolute atomic E-state index is 0.326. The van der Waals surface area contributed by atoms with Gasteiger partial charge in [-0.05, 0) is 37.6 Å². The second kappa shape index (κ2) is 6.05. The molecule has 6 heteroatoms. The van der Waals surface area contributed by atoms with E-state index in [4.69, 9.17) is 4.74 Å². The first-order valence-electron chi connectivity index (χ1n) is 8.22. The number of imidazole rings is 1. The number of fused-ring (bicyclic) bond motifs is 3. The Morgan fingerprint density at radius 2 is 2.12 bits per heavy atom. The summed E-state index contributed by atoms with van der Waals surface area (Å²) >= 11 is 0. The summed E-state index contributed by atoms with van der Waals surface area (Å²) in [6.45, 7) is 4.01. The number of para-hydroxylation sites is 2. The third-order valence-corrected chi connectivity index (χ3v) is 4.33. The topological polar surface area (TPSA) is 69.0 Å². The fraction of sp³-hybridized carbons (Fsp3) is 0.211. The van der Waals surface area contributed by atoms with Crippen molar-refractivity contribution < 1.29 is 9.53 Å². The van der Waals surface area contributed by atoms with Gasteiger partial charge in [-0.3, -0.25) is 9.55 Å². The number of esters is 1. The van der Waals surface area contributed by atoms with Gasteiger partial charge >= 0.3 is 5.97 Å². The van der Waals surface area contributed by atoms with Crippen LogP contribution in [-0.4, -0.2) is 27.1 Å². The van der Waals surface area contributed by atoms with Crippen LogP contribution in [-0.2, 0) is 9.53 Å². The first-order valence-corrected chi connectivity index (χ1v) is 8.22. The minimum Gasteiger partial charge on any atom is -0.463 e. The standard InChI is InChI=1S/C19H18N4O2/c1-3-25-18(24)16-12(2)21-19-22-14-8-4-5-9-15(14)23(19)17(16)13-7-6-10-20-11-13/h4-11,17H,3H2,1-2H3,(H,21,22)/t17-/m0/s1. The number of hydrogen-bond donors (Lipinski definition) is 1. The first kappa shape index (κ1) is 15.4. The lowest BCUT2D eigenvalue weighted by molar-refractivity contribution is -0.139. The third kappa shape index (κ3) is 2.46. The van der Waals surface area contributed by atoms with Crippen LogP contribution in [0.5, 0.6) is 0 Å². The van der Waals surface area contributed by atoms with Crippen molar-refractivity contribution >= 4 is 23.0 Å². The average molecular weight is 334 g/mol. The van der Waals surface area contributed by atoms with Gasteiger partial charge in [0.05, 0.1) is 29.3 Å². The van der Waals surface area contributed by atoms with Crippen LogP contribution in [0, 0.1) is 0 Å². The quantitative estimate of drug-likeness (QED) is 0.745. The normalized spacial score (nSPS) is 16.5. The Balaban J connectivity index is 1.98. The smallest absolute Gasteiger partial charge is 0.338 e. The highest BCUT2D eigenvalue weighted by Crippen LogP contribution is 2.39. The fourth-order valence-electron chi connectivity index (χ4n) is 3.29. The molecule has 2 aromatic heterocycles. The number of aromatic nitrogens is 3. The van der Waals surface area contributed by atoms with Gasteiger partial charge in [0.1, 0.15) is 0 Å². The predicted octanol–water partition coefficient (Wildman–Crippen LogP) is 3.28. The Hall–Kier alpha value is -3.15. The van der Waals surface area contributed by atoms with Gasteiger partial charge in [-0.2, -0.15) is 0 Å². The molecule has 1 atom stereocenters. The van der Waals surface area contributed by atoms with Gasteiger partial charge < -0.3 is 10.1 Å². The molecule has 3 heterocycles. The number of hydrogen-bond acceptors (Lipinski definition) is 5. The van der Waals surface area contributed by atoms with Crippen LogP contribution >= 0.6 is 0 Å². The summed E-state index contributed by atoms with van der Waals surface area (Å²) in [7, 11) is 0. The molecule has 3 aromatic rings. The van der Waals surface area contributed by atoms with Gasteiger partial charge in [0.25, 0.3) is 0 Å². The number of rotatable bonds is 3. The molecular formula is C19H18N4O2. The zero-order valence-electron chi connectivity index (χ0n) is 14.1. The summed E-state index contributed by atoms with van der Waals surface area (Å²) in [4.78, 5) is 21.6. The Kier molecular flexibility index (Phi) is 3.72. The summed E-state index contributed by atoms with van der Waals surface area (Å²) in [6.07, 6.45) is 3.50. The van der Waals surface area contributed by atoms with Crippen molar-refractivity contribution in [2.24, 2.45) is 0 Å². The number of ether oxygens (including phenoxy) is 1. The molecular weight excluding hydrogens is 316 g/mol. The zero-order valence-corrected chi connectivity index (χ0v) is 14.1. The van der Waals surface area contributed by atoms with Crippen LogP contribution in [0.3, 0.4) is 0 Å². The van der Waals surface area contributed by atoms with Gasteiger partial charge in [0.2, 0.25) is 5.95 Å². The van der Waals surface area contributed by atoms with Crippen LogP contribution in [0.1, 0.15) is 25.5 Å². The Morgan fingerprint density at radius 3 is 2.88 bits per heavy atom. The predicted molar refractivity (Wildman–Crippen MR) is 95.1 cm³/mol. The maximum absolute atomic E-state index is 12.7. The molecule has 0 bridgehead atoms. The van der Waals surface area contributed by atoms with Gasteiger partial charge in [-0.1, -0.05) is 18.2 Å². The highest BCUT2D eigenvalue weighted by atomic mass is 16.5. The molecule has 1 aromatic carbocycles. The van der Waals surface area contributed by atoms with Crippen molar-refractivity contribution in [2.45, 2.75) is 19.9 Å². The van der Waals surface area contributed by atoms with E-state index in [1.807, 2.05) is 47.9 Å². The van der Waals surface area contributed by atoms with Crippen LogP contribution in [0.25, 0.3) is 11.0 Å². The van der Waals surface area contributed by atoms with Gasteiger partial charge in [-0.25, -0.2) is 9.78 Å².